The summed E-state index contributed by atoms with van der Waals surface area (Å²) in [6, 6.07) is 8.99. The van der Waals surface area contributed by atoms with Crippen LogP contribution in [0.25, 0.3) is 0 Å². The molecule has 1 heterocycles. The van der Waals surface area contributed by atoms with E-state index >= 15 is 0 Å². The minimum atomic E-state index is -0.117. The first-order chi connectivity index (χ1) is 8.70. The zero-order chi connectivity index (χ0) is 13.0. The molecule has 0 spiro atoms. The molecular formula is C12H15ClN4O. The maximum atomic E-state index is 5.80. The molecule has 1 unspecified atom stereocenters. The van der Waals surface area contributed by atoms with Crippen molar-refractivity contribution in [1.82, 2.24) is 15.2 Å². The van der Waals surface area contributed by atoms with Crippen LogP contribution in [0.5, 0.6) is 5.75 Å². The van der Waals surface area contributed by atoms with Crippen LogP contribution in [0.2, 0.25) is 5.02 Å². The highest BCUT2D eigenvalue weighted by atomic mass is 35.5. The number of hydrazine groups is 1. The van der Waals surface area contributed by atoms with Gasteiger partial charge in [-0.1, -0.05) is 11.6 Å². The van der Waals surface area contributed by atoms with Crippen LogP contribution < -0.4 is 16.0 Å². The fraction of sp³-hybridized carbons (Fsp3) is 0.250. The van der Waals surface area contributed by atoms with Gasteiger partial charge < -0.3 is 4.74 Å². The van der Waals surface area contributed by atoms with E-state index in [0.717, 1.165) is 11.4 Å². The van der Waals surface area contributed by atoms with Crippen LogP contribution in [0, 0.1) is 0 Å². The van der Waals surface area contributed by atoms with Crippen LogP contribution in [-0.2, 0) is 7.05 Å². The topological polar surface area (TPSA) is 65.1 Å². The van der Waals surface area contributed by atoms with E-state index in [4.69, 9.17) is 22.2 Å². The van der Waals surface area contributed by atoms with Gasteiger partial charge in [0.05, 0.1) is 11.7 Å². The monoisotopic (exact) mass is 266 g/mol. The van der Waals surface area contributed by atoms with Gasteiger partial charge in [0.25, 0.3) is 0 Å². The van der Waals surface area contributed by atoms with Crippen molar-refractivity contribution >= 4 is 11.6 Å². The fourth-order valence-electron chi connectivity index (χ4n) is 1.66. The highest BCUT2D eigenvalue weighted by Crippen LogP contribution is 2.18. The lowest BCUT2D eigenvalue weighted by Gasteiger charge is -2.17. The number of aryl methyl sites for hydroxylation is 1. The molecule has 6 heteroatoms. The molecule has 0 fully saturated rings. The van der Waals surface area contributed by atoms with Crippen molar-refractivity contribution in [2.45, 2.75) is 6.04 Å². The number of halogens is 1. The maximum Gasteiger partial charge on any atom is 0.119 e. The van der Waals surface area contributed by atoms with Crippen molar-refractivity contribution in [2.24, 2.45) is 12.9 Å². The van der Waals surface area contributed by atoms with Gasteiger partial charge in [0.15, 0.2) is 0 Å². The van der Waals surface area contributed by atoms with Crippen LogP contribution in [-0.4, -0.2) is 16.4 Å². The van der Waals surface area contributed by atoms with Crippen molar-refractivity contribution in [2.75, 3.05) is 6.61 Å². The van der Waals surface area contributed by atoms with E-state index in [2.05, 4.69) is 10.5 Å². The highest BCUT2D eigenvalue weighted by molar-refractivity contribution is 6.30. The second-order valence-corrected chi connectivity index (χ2v) is 4.30. The molecule has 18 heavy (non-hydrogen) atoms. The molecule has 0 aliphatic heterocycles. The maximum absolute atomic E-state index is 5.80. The first-order valence-corrected chi connectivity index (χ1v) is 5.91. The predicted octanol–water partition coefficient (Wildman–Crippen LogP) is 1.66. The van der Waals surface area contributed by atoms with Crippen LogP contribution in [0.15, 0.2) is 36.5 Å². The Kier molecular flexibility index (Phi) is 4.19. The van der Waals surface area contributed by atoms with Gasteiger partial charge in [-0.05, 0) is 30.3 Å². The minimum absolute atomic E-state index is 0.117. The van der Waals surface area contributed by atoms with Gasteiger partial charge in [0.1, 0.15) is 12.4 Å². The number of nitrogens with one attached hydrogen (secondary N) is 1. The number of hydrogen-bond donors (Lipinski definition) is 2. The predicted molar refractivity (Wildman–Crippen MR) is 70.2 cm³/mol. The summed E-state index contributed by atoms with van der Waals surface area (Å²) in [5.41, 5.74) is 3.68. The Labute approximate surface area is 110 Å². The van der Waals surface area contributed by atoms with Gasteiger partial charge >= 0.3 is 0 Å². The molecule has 0 saturated carbocycles. The van der Waals surface area contributed by atoms with E-state index in [1.54, 1.807) is 23.0 Å². The van der Waals surface area contributed by atoms with Crippen LogP contribution in [0.4, 0.5) is 0 Å². The number of ether oxygens (including phenoxy) is 1. The van der Waals surface area contributed by atoms with E-state index in [9.17, 15) is 0 Å². The largest absolute Gasteiger partial charge is 0.491 e. The Bertz CT molecular complexity index is 497. The number of rotatable bonds is 5. The third kappa shape index (κ3) is 3.01. The average Bonchev–Trinajstić information content (AvgIpc) is 2.79. The Morgan fingerprint density at radius 1 is 1.39 bits per heavy atom. The SMILES string of the molecule is Cn1nccc1C(COc1ccc(Cl)cc1)NN. The summed E-state index contributed by atoms with van der Waals surface area (Å²) in [5.74, 6) is 6.28. The zero-order valence-electron chi connectivity index (χ0n) is 10.0. The molecule has 96 valence electrons. The number of aromatic nitrogens is 2. The lowest BCUT2D eigenvalue weighted by molar-refractivity contribution is 0.261. The number of nitrogens with two attached hydrogens (primary N) is 1. The normalized spacial score (nSPS) is 12.4. The van der Waals surface area contributed by atoms with Crippen LogP contribution >= 0.6 is 11.6 Å². The summed E-state index contributed by atoms with van der Waals surface area (Å²) in [6.45, 7) is 0.414. The third-order valence-corrected chi connectivity index (χ3v) is 2.90. The minimum Gasteiger partial charge on any atom is -0.491 e. The third-order valence-electron chi connectivity index (χ3n) is 2.65. The standard InChI is InChI=1S/C12H15ClN4O/c1-17-12(6-7-15-17)11(16-14)8-18-10-4-2-9(13)3-5-10/h2-7,11,16H,8,14H2,1H3. The van der Waals surface area contributed by atoms with Gasteiger partial charge in [0.2, 0.25) is 0 Å². The Morgan fingerprint density at radius 2 is 2.11 bits per heavy atom. The molecule has 2 rings (SSSR count). The summed E-state index contributed by atoms with van der Waals surface area (Å²) in [7, 11) is 1.86. The molecule has 0 amide bonds. The first-order valence-electron chi connectivity index (χ1n) is 5.53. The molecule has 1 aromatic carbocycles. The average molecular weight is 267 g/mol. The van der Waals surface area contributed by atoms with Crippen molar-refractivity contribution in [3.05, 3.63) is 47.2 Å². The van der Waals surface area contributed by atoms with Crippen LogP contribution in [0.3, 0.4) is 0 Å². The highest BCUT2D eigenvalue weighted by Gasteiger charge is 2.13. The molecule has 0 radical (unpaired) electrons. The van der Waals surface area contributed by atoms with Crippen molar-refractivity contribution < 1.29 is 4.74 Å². The lowest BCUT2D eigenvalue weighted by Crippen LogP contribution is -2.33. The lowest BCUT2D eigenvalue weighted by atomic mass is 10.2. The number of hydrogen-bond acceptors (Lipinski definition) is 4. The summed E-state index contributed by atoms with van der Waals surface area (Å²) >= 11 is 5.80. The van der Waals surface area contributed by atoms with Crippen LogP contribution in [0.1, 0.15) is 11.7 Å². The van der Waals surface area contributed by atoms with Gasteiger partial charge in [-0.25, -0.2) is 5.43 Å². The molecule has 0 aliphatic carbocycles. The van der Waals surface area contributed by atoms with Gasteiger partial charge in [-0.3, -0.25) is 10.5 Å². The number of benzene rings is 1. The van der Waals surface area contributed by atoms with Crippen molar-refractivity contribution in [3.8, 4) is 5.75 Å². The summed E-state index contributed by atoms with van der Waals surface area (Å²) in [4.78, 5) is 0. The second-order valence-electron chi connectivity index (χ2n) is 3.86. The van der Waals surface area contributed by atoms with E-state index < -0.39 is 0 Å². The number of nitrogens with zero attached hydrogens (tertiary/aromatic N) is 2. The smallest absolute Gasteiger partial charge is 0.119 e. The second kappa shape index (κ2) is 5.86. The molecule has 0 aliphatic rings. The molecule has 0 saturated heterocycles. The quantitative estimate of drug-likeness (QED) is 0.638. The molecule has 2 aromatic rings. The Balaban J connectivity index is 2.00. The van der Waals surface area contributed by atoms with E-state index in [1.807, 2.05) is 25.2 Å². The molecule has 1 aromatic heterocycles. The van der Waals surface area contributed by atoms with E-state index in [1.165, 1.54) is 0 Å². The van der Waals surface area contributed by atoms with Gasteiger partial charge in [-0.2, -0.15) is 5.10 Å². The zero-order valence-corrected chi connectivity index (χ0v) is 10.8. The molecular weight excluding hydrogens is 252 g/mol. The van der Waals surface area contributed by atoms with Gasteiger partial charge in [0, 0.05) is 18.3 Å². The molecule has 3 N–H and O–H groups in total. The molecule has 5 nitrogen and oxygen atoms in total. The Hall–Kier alpha value is -1.56. The van der Waals surface area contributed by atoms with Crippen molar-refractivity contribution in [3.63, 3.8) is 0 Å². The van der Waals surface area contributed by atoms with Crippen molar-refractivity contribution in [1.29, 1.82) is 0 Å². The van der Waals surface area contributed by atoms with Gasteiger partial charge in [-0.15, -0.1) is 0 Å². The summed E-state index contributed by atoms with van der Waals surface area (Å²) in [5, 5.41) is 4.78. The summed E-state index contributed by atoms with van der Waals surface area (Å²) < 4.78 is 7.41. The molecule has 1 atom stereocenters. The first kappa shape index (κ1) is 12.9. The summed E-state index contributed by atoms with van der Waals surface area (Å²) in [6.07, 6.45) is 1.72. The van der Waals surface area contributed by atoms with E-state index in [-0.39, 0.29) is 6.04 Å². The van der Waals surface area contributed by atoms with E-state index in [0.29, 0.717) is 11.6 Å². The Morgan fingerprint density at radius 3 is 2.67 bits per heavy atom. The fourth-order valence-corrected chi connectivity index (χ4v) is 1.78. The molecule has 0 bridgehead atoms.